The summed E-state index contributed by atoms with van der Waals surface area (Å²) in [6.07, 6.45) is 0. The van der Waals surface area contributed by atoms with Crippen molar-refractivity contribution in [3.63, 3.8) is 0 Å². The van der Waals surface area contributed by atoms with Crippen molar-refractivity contribution in [2.45, 2.75) is 13.8 Å². The average Bonchev–Trinajstić information content (AvgIpc) is 3.47. The summed E-state index contributed by atoms with van der Waals surface area (Å²) < 4.78 is 1.29. The highest BCUT2D eigenvalue weighted by atomic mass is 35.5. The number of halogens is 2. The number of para-hydroxylation sites is 2. The van der Waals surface area contributed by atoms with Gasteiger partial charge in [0.1, 0.15) is 0 Å². The zero-order valence-corrected chi connectivity index (χ0v) is 21.8. The van der Waals surface area contributed by atoms with Crippen LogP contribution in [0.25, 0.3) is 27.7 Å². The summed E-state index contributed by atoms with van der Waals surface area (Å²) in [5, 5.41) is 4.45. The summed E-state index contributed by atoms with van der Waals surface area (Å²) in [5.74, 6) is -1.06. The number of benzene rings is 3. The van der Waals surface area contributed by atoms with Crippen LogP contribution in [0.5, 0.6) is 0 Å². The normalized spacial score (nSPS) is 13.8. The molecule has 0 bridgehead atoms. The van der Waals surface area contributed by atoms with Gasteiger partial charge in [0.05, 0.1) is 38.1 Å². The Morgan fingerprint density at radius 3 is 2.05 bits per heavy atom. The lowest BCUT2D eigenvalue weighted by Crippen LogP contribution is -2.31. The van der Waals surface area contributed by atoms with Crippen molar-refractivity contribution in [1.82, 2.24) is 14.8 Å². The lowest BCUT2D eigenvalue weighted by atomic mass is 9.94. The molecule has 7 nitrogen and oxygen atoms in total. The second-order valence-electron chi connectivity index (χ2n) is 9.05. The third-order valence-electron chi connectivity index (χ3n) is 6.72. The van der Waals surface area contributed by atoms with Crippen molar-refractivity contribution in [2.75, 3.05) is 4.90 Å². The number of rotatable bonds is 4. The van der Waals surface area contributed by atoms with Crippen molar-refractivity contribution in [1.29, 1.82) is 0 Å². The van der Waals surface area contributed by atoms with Crippen molar-refractivity contribution in [2.24, 2.45) is 0 Å². The topological polar surface area (TPSA) is 91.0 Å². The molecule has 1 aliphatic heterocycles. The first-order valence-corrected chi connectivity index (χ1v) is 12.6. The molecule has 0 fully saturated rings. The maximum Gasteiger partial charge on any atom is 0.279 e. The van der Waals surface area contributed by atoms with Gasteiger partial charge in [0.2, 0.25) is 0 Å². The maximum absolute atomic E-state index is 14.1. The number of hydrogen-bond acceptors (Lipinski definition) is 3. The molecule has 3 heterocycles. The fourth-order valence-electron chi connectivity index (χ4n) is 5.05. The molecule has 0 unspecified atom stereocenters. The summed E-state index contributed by atoms with van der Waals surface area (Å²) >= 11 is 12.3. The number of nitrogens with one attached hydrogen (secondary N) is 2. The largest absolute Gasteiger partial charge is 0.358 e. The number of amides is 2. The zero-order chi connectivity index (χ0) is 26.7. The Hall–Kier alpha value is -4.33. The van der Waals surface area contributed by atoms with Crippen LogP contribution in [0.2, 0.25) is 10.0 Å². The molecule has 0 radical (unpaired) electrons. The number of carbonyl (C=O) groups excluding carboxylic acids is 2. The molecule has 0 saturated carbocycles. The lowest BCUT2D eigenvalue weighted by Gasteiger charge is -2.15. The van der Waals surface area contributed by atoms with Gasteiger partial charge in [-0.2, -0.15) is 0 Å². The number of hydrogen-bond donors (Lipinski definition) is 2. The van der Waals surface area contributed by atoms with Crippen LogP contribution in [0.15, 0.2) is 77.6 Å². The van der Waals surface area contributed by atoms with Crippen LogP contribution in [0.1, 0.15) is 22.5 Å². The van der Waals surface area contributed by atoms with E-state index >= 15 is 0 Å². The van der Waals surface area contributed by atoms with Crippen molar-refractivity contribution in [3.8, 4) is 5.69 Å². The Morgan fingerprint density at radius 1 is 0.684 bits per heavy atom. The molecule has 0 atom stereocenters. The summed E-state index contributed by atoms with van der Waals surface area (Å²) in [6.45, 7) is 3.54. The number of nitrogens with zero attached hydrogens (tertiary/aromatic N) is 2. The number of imide groups is 1. The van der Waals surface area contributed by atoms with Gasteiger partial charge in [-0.05, 0) is 50.2 Å². The van der Waals surface area contributed by atoms with Crippen LogP contribution in [0.3, 0.4) is 0 Å². The Bertz CT molecular complexity index is 1880. The van der Waals surface area contributed by atoms with Crippen molar-refractivity contribution < 1.29 is 9.59 Å². The Balaban J connectivity index is 1.65. The van der Waals surface area contributed by atoms with Crippen molar-refractivity contribution in [3.05, 3.63) is 116 Å². The van der Waals surface area contributed by atoms with Gasteiger partial charge in [-0.15, -0.1) is 0 Å². The first-order chi connectivity index (χ1) is 18.3. The Labute approximate surface area is 226 Å². The van der Waals surface area contributed by atoms with Crippen LogP contribution in [0.4, 0.5) is 5.69 Å². The van der Waals surface area contributed by atoms with E-state index in [0.717, 1.165) is 15.8 Å². The summed E-state index contributed by atoms with van der Waals surface area (Å²) in [6, 6.07) is 21.0. The van der Waals surface area contributed by atoms with Gasteiger partial charge in [0.15, 0.2) is 0 Å². The molecule has 38 heavy (non-hydrogen) atoms. The smallest absolute Gasteiger partial charge is 0.279 e. The lowest BCUT2D eigenvalue weighted by molar-refractivity contribution is -0.119. The van der Waals surface area contributed by atoms with E-state index < -0.39 is 17.4 Å². The number of H-pyrrole nitrogens is 2. The van der Waals surface area contributed by atoms with Gasteiger partial charge >= 0.3 is 0 Å². The Kier molecular flexibility index (Phi) is 5.63. The second-order valence-corrected chi connectivity index (χ2v) is 9.87. The molecule has 6 rings (SSSR count). The average molecular weight is 543 g/mol. The molecular weight excluding hydrogens is 523 g/mol. The molecule has 2 amide bonds. The molecule has 9 heteroatoms. The first kappa shape index (κ1) is 24.0. The standard InChI is InChI=1S/C29H20Cl2N4O3/c1-15-23(19-10-6-7-11-22(19)32-15)25-26(28(37)34(27(25)36)17-8-4-3-5-9-17)24-16(2)33-35(29(24)38)18-12-13-20(30)21(31)14-18/h3-14,32-33H,1-2H3. The molecule has 3 aromatic carbocycles. The fourth-order valence-corrected chi connectivity index (χ4v) is 5.34. The molecule has 0 saturated heterocycles. The van der Waals surface area contributed by atoms with E-state index in [9.17, 15) is 14.4 Å². The monoisotopic (exact) mass is 542 g/mol. The number of aromatic amines is 2. The molecule has 188 valence electrons. The second kappa shape index (κ2) is 8.90. The van der Waals surface area contributed by atoms with E-state index in [1.165, 1.54) is 4.68 Å². The van der Waals surface area contributed by atoms with Gasteiger partial charge in [0, 0.05) is 27.9 Å². The highest BCUT2D eigenvalue weighted by molar-refractivity contribution is 6.57. The molecule has 1 aliphatic rings. The van der Waals surface area contributed by atoms with E-state index in [2.05, 4.69) is 10.1 Å². The van der Waals surface area contributed by atoms with Gasteiger partial charge in [-0.25, -0.2) is 9.58 Å². The summed E-state index contributed by atoms with van der Waals surface area (Å²) in [4.78, 5) is 46.4. The van der Waals surface area contributed by atoms with E-state index in [1.807, 2.05) is 31.2 Å². The summed E-state index contributed by atoms with van der Waals surface area (Å²) in [7, 11) is 0. The molecule has 0 spiro atoms. The van der Waals surface area contributed by atoms with Crippen LogP contribution < -0.4 is 10.5 Å². The van der Waals surface area contributed by atoms with Crippen LogP contribution in [-0.4, -0.2) is 26.6 Å². The van der Waals surface area contributed by atoms with E-state index in [0.29, 0.717) is 33.3 Å². The fraction of sp³-hybridized carbons (Fsp3) is 0.0690. The number of carbonyl (C=O) groups is 2. The van der Waals surface area contributed by atoms with E-state index in [-0.39, 0.29) is 21.7 Å². The Morgan fingerprint density at radius 2 is 1.34 bits per heavy atom. The number of fused-ring (bicyclic) bond motifs is 1. The molecule has 2 aromatic heterocycles. The predicted octanol–water partition coefficient (Wildman–Crippen LogP) is 6.05. The van der Waals surface area contributed by atoms with Crippen LogP contribution in [0, 0.1) is 13.8 Å². The minimum Gasteiger partial charge on any atom is -0.358 e. The van der Waals surface area contributed by atoms with E-state index in [4.69, 9.17) is 23.2 Å². The SMILES string of the molecule is Cc1[nH]n(-c2ccc(Cl)c(Cl)c2)c(=O)c1C1=C(c2c(C)[nH]c3ccccc23)C(=O)N(c2ccccc2)C1=O. The number of aryl methyl sites for hydroxylation is 2. The maximum atomic E-state index is 14.1. The quantitative estimate of drug-likeness (QED) is 0.270. The van der Waals surface area contributed by atoms with Crippen LogP contribution in [-0.2, 0) is 9.59 Å². The molecule has 0 aliphatic carbocycles. The van der Waals surface area contributed by atoms with Crippen molar-refractivity contribution >= 4 is 62.8 Å². The first-order valence-electron chi connectivity index (χ1n) is 11.8. The molecule has 2 N–H and O–H groups in total. The van der Waals surface area contributed by atoms with Gasteiger partial charge in [-0.3, -0.25) is 19.5 Å². The van der Waals surface area contributed by atoms with E-state index in [1.54, 1.807) is 55.5 Å². The highest BCUT2D eigenvalue weighted by Crippen LogP contribution is 2.41. The van der Waals surface area contributed by atoms with Gasteiger partial charge < -0.3 is 4.98 Å². The molecule has 5 aromatic rings. The van der Waals surface area contributed by atoms with Gasteiger partial charge in [-0.1, -0.05) is 59.6 Å². The number of aromatic nitrogens is 3. The zero-order valence-electron chi connectivity index (χ0n) is 20.3. The third kappa shape index (κ3) is 3.55. The minimum absolute atomic E-state index is 0.0456. The molecular formula is C29H20Cl2N4O3. The predicted molar refractivity (Wildman–Crippen MR) is 150 cm³/mol. The van der Waals surface area contributed by atoms with Crippen LogP contribution >= 0.6 is 23.2 Å². The third-order valence-corrected chi connectivity index (χ3v) is 7.46. The minimum atomic E-state index is -0.568. The van der Waals surface area contributed by atoms with Gasteiger partial charge in [0.25, 0.3) is 17.4 Å². The summed E-state index contributed by atoms with van der Waals surface area (Å²) in [5.41, 5.74) is 3.28. The highest BCUT2D eigenvalue weighted by Gasteiger charge is 2.44. The number of anilines is 1.